The summed E-state index contributed by atoms with van der Waals surface area (Å²) in [6.07, 6.45) is -5.50. The van der Waals surface area contributed by atoms with Crippen molar-refractivity contribution in [2.75, 3.05) is 13.2 Å². The Kier molecular flexibility index (Phi) is 5.95. The molecule has 0 spiro atoms. The van der Waals surface area contributed by atoms with Gasteiger partial charge in [0.1, 0.15) is 0 Å². The van der Waals surface area contributed by atoms with Gasteiger partial charge in [0.05, 0.1) is 19.6 Å². The fourth-order valence-electron chi connectivity index (χ4n) is 1.73. The number of halogens is 4. The molecule has 0 amide bonds. The SMILES string of the molecule is CCOc1cc(Cl)c(C(N)CC(F)(F)F)cc1OCC. The van der Waals surface area contributed by atoms with Gasteiger partial charge < -0.3 is 15.2 Å². The van der Waals surface area contributed by atoms with Crippen LogP contribution in [0.15, 0.2) is 12.1 Å². The lowest BCUT2D eigenvalue weighted by Crippen LogP contribution is -2.20. The molecule has 1 aromatic rings. The fourth-order valence-corrected chi connectivity index (χ4v) is 2.02. The highest BCUT2D eigenvalue weighted by molar-refractivity contribution is 6.31. The molecule has 0 aliphatic rings. The van der Waals surface area contributed by atoms with E-state index >= 15 is 0 Å². The van der Waals surface area contributed by atoms with Crippen LogP contribution < -0.4 is 15.2 Å². The molecule has 114 valence electrons. The molecule has 0 saturated carbocycles. The largest absolute Gasteiger partial charge is 0.490 e. The Morgan fingerprint density at radius 1 is 1.15 bits per heavy atom. The van der Waals surface area contributed by atoms with Crippen molar-refractivity contribution >= 4 is 11.6 Å². The summed E-state index contributed by atoms with van der Waals surface area (Å²) < 4.78 is 47.9. The molecular weight excluding hydrogens is 295 g/mol. The number of hydrogen-bond donors (Lipinski definition) is 1. The molecule has 0 radical (unpaired) electrons. The van der Waals surface area contributed by atoms with Crippen LogP contribution in [-0.4, -0.2) is 19.4 Å². The quantitative estimate of drug-likeness (QED) is 0.860. The van der Waals surface area contributed by atoms with E-state index in [0.29, 0.717) is 24.7 Å². The Balaban J connectivity index is 3.10. The lowest BCUT2D eigenvalue weighted by molar-refractivity contribution is -0.138. The second-order valence-corrected chi connectivity index (χ2v) is 4.52. The predicted octanol–water partition coefficient (Wildman–Crippen LogP) is 4.09. The molecular formula is C13H17ClF3NO2. The summed E-state index contributed by atoms with van der Waals surface area (Å²) in [7, 11) is 0. The van der Waals surface area contributed by atoms with Gasteiger partial charge in [-0.25, -0.2) is 0 Å². The van der Waals surface area contributed by atoms with Gasteiger partial charge in [0, 0.05) is 17.1 Å². The van der Waals surface area contributed by atoms with Gasteiger partial charge in [-0.1, -0.05) is 11.6 Å². The molecule has 7 heteroatoms. The van der Waals surface area contributed by atoms with E-state index in [1.807, 2.05) is 0 Å². The molecule has 0 saturated heterocycles. The van der Waals surface area contributed by atoms with E-state index in [4.69, 9.17) is 26.8 Å². The van der Waals surface area contributed by atoms with Crippen molar-refractivity contribution in [1.29, 1.82) is 0 Å². The molecule has 1 aromatic carbocycles. The van der Waals surface area contributed by atoms with E-state index in [1.165, 1.54) is 12.1 Å². The summed E-state index contributed by atoms with van der Waals surface area (Å²) in [5.41, 5.74) is 5.76. The molecule has 3 nitrogen and oxygen atoms in total. The van der Waals surface area contributed by atoms with Gasteiger partial charge >= 0.3 is 6.18 Å². The number of nitrogens with two attached hydrogens (primary N) is 1. The maximum absolute atomic E-state index is 12.4. The van der Waals surface area contributed by atoms with Crippen molar-refractivity contribution in [2.24, 2.45) is 5.73 Å². The van der Waals surface area contributed by atoms with Gasteiger partial charge in [-0.2, -0.15) is 13.2 Å². The van der Waals surface area contributed by atoms with Crippen molar-refractivity contribution in [3.05, 3.63) is 22.7 Å². The van der Waals surface area contributed by atoms with E-state index in [-0.39, 0.29) is 10.6 Å². The van der Waals surface area contributed by atoms with Crippen molar-refractivity contribution in [1.82, 2.24) is 0 Å². The van der Waals surface area contributed by atoms with Gasteiger partial charge in [0.25, 0.3) is 0 Å². The average molecular weight is 312 g/mol. The molecule has 0 bridgehead atoms. The number of hydrogen-bond acceptors (Lipinski definition) is 3. The number of alkyl halides is 3. The van der Waals surface area contributed by atoms with E-state index in [0.717, 1.165) is 0 Å². The maximum Gasteiger partial charge on any atom is 0.390 e. The van der Waals surface area contributed by atoms with Crippen LogP contribution in [-0.2, 0) is 0 Å². The van der Waals surface area contributed by atoms with E-state index < -0.39 is 18.6 Å². The minimum absolute atomic E-state index is 0.133. The molecule has 1 unspecified atom stereocenters. The monoisotopic (exact) mass is 311 g/mol. The smallest absolute Gasteiger partial charge is 0.390 e. The molecule has 0 aromatic heterocycles. The minimum atomic E-state index is -4.35. The number of benzene rings is 1. The summed E-state index contributed by atoms with van der Waals surface area (Å²) in [6.45, 7) is 4.30. The zero-order valence-corrected chi connectivity index (χ0v) is 12.0. The van der Waals surface area contributed by atoms with Crippen molar-refractivity contribution in [3.63, 3.8) is 0 Å². The van der Waals surface area contributed by atoms with Crippen LogP contribution in [0.3, 0.4) is 0 Å². The third kappa shape index (κ3) is 4.76. The van der Waals surface area contributed by atoms with Crippen molar-refractivity contribution in [3.8, 4) is 11.5 Å². The van der Waals surface area contributed by atoms with Gasteiger partial charge in [0.2, 0.25) is 0 Å². The van der Waals surface area contributed by atoms with E-state index in [2.05, 4.69) is 0 Å². The van der Waals surface area contributed by atoms with E-state index in [9.17, 15) is 13.2 Å². The second-order valence-electron chi connectivity index (χ2n) is 4.11. The van der Waals surface area contributed by atoms with Gasteiger partial charge in [-0.3, -0.25) is 0 Å². The van der Waals surface area contributed by atoms with Gasteiger partial charge in [-0.05, 0) is 25.5 Å². The summed E-state index contributed by atoms with van der Waals surface area (Å²) in [5, 5.41) is 0.133. The second kappa shape index (κ2) is 7.04. The summed E-state index contributed by atoms with van der Waals surface area (Å²) in [4.78, 5) is 0. The average Bonchev–Trinajstić information content (AvgIpc) is 2.30. The first-order chi connectivity index (χ1) is 9.28. The Morgan fingerprint density at radius 3 is 2.10 bits per heavy atom. The lowest BCUT2D eigenvalue weighted by Gasteiger charge is -2.19. The molecule has 0 fully saturated rings. The first kappa shape index (κ1) is 16.9. The fraction of sp³-hybridized carbons (Fsp3) is 0.538. The zero-order chi connectivity index (χ0) is 15.3. The van der Waals surface area contributed by atoms with Crippen LogP contribution in [0.4, 0.5) is 13.2 Å². The maximum atomic E-state index is 12.4. The normalized spacial score (nSPS) is 13.2. The molecule has 0 heterocycles. The van der Waals surface area contributed by atoms with E-state index in [1.54, 1.807) is 13.8 Å². The Bertz CT molecular complexity index is 452. The summed E-state index contributed by atoms with van der Waals surface area (Å²) in [5.74, 6) is 0.730. The molecule has 1 rings (SSSR count). The van der Waals surface area contributed by atoms with Crippen LogP contribution in [0.2, 0.25) is 5.02 Å². The molecule has 0 aliphatic carbocycles. The summed E-state index contributed by atoms with van der Waals surface area (Å²) in [6, 6.07) is 1.60. The number of ether oxygens (including phenoxy) is 2. The predicted molar refractivity (Wildman–Crippen MR) is 71.4 cm³/mol. The van der Waals surface area contributed by atoms with Crippen molar-refractivity contribution in [2.45, 2.75) is 32.5 Å². The highest BCUT2D eigenvalue weighted by Gasteiger charge is 2.32. The molecule has 20 heavy (non-hydrogen) atoms. The van der Waals surface area contributed by atoms with Crippen LogP contribution in [0, 0.1) is 0 Å². The zero-order valence-electron chi connectivity index (χ0n) is 11.3. The highest BCUT2D eigenvalue weighted by atomic mass is 35.5. The first-order valence-electron chi connectivity index (χ1n) is 6.19. The van der Waals surface area contributed by atoms with Gasteiger partial charge in [0.15, 0.2) is 11.5 Å². The first-order valence-corrected chi connectivity index (χ1v) is 6.57. The Morgan fingerprint density at radius 2 is 1.65 bits per heavy atom. The van der Waals surface area contributed by atoms with Crippen LogP contribution in [0.5, 0.6) is 11.5 Å². The third-order valence-corrected chi connectivity index (χ3v) is 2.84. The lowest BCUT2D eigenvalue weighted by atomic mass is 10.0. The Labute approximate surface area is 120 Å². The Hall–Kier alpha value is -1.14. The van der Waals surface area contributed by atoms with Crippen LogP contribution >= 0.6 is 11.6 Å². The van der Waals surface area contributed by atoms with Crippen LogP contribution in [0.1, 0.15) is 31.9 Å². The summed E-state index contributed by atoms with van der Waals surface area (Å²) >= 11 is 5.98. The minimum Gasteiger partial charge on any atom is -0.490 e. The van der Waals surface area contributed by atoms with Crippen LogP contribution in [0.25, 0.3) is 0 Å². The highest BCUT2D eigenvalue weighted by Crippen LogP contribution is 2.38. The topological polar surface area (TPSA) is 44.5 Å². The van der Waals surface area contributed by atoms with Crippen molar-refractivity contribution < 1.29 is 22.6 Å². The molecule has 1 atom stereocenters. The number of rotatable bonds is 6. The van der Waals surface area contributed by atoms with Gasteiger partial charge in [-0.15, -0.1) is 0 Å². The third-order valence-electron chi connectivity index (χ3n) is 2.51. The molecule has 2 N–H and O–H groups in total. The molecule has 0 aliphatic heterocycles. The standard InChI is InChI=1S/C13H17ClF3NO2/c1-3-19-11-5-8(10(18)7-13(15,16)17)9(14)6-12(11)20-4-2/h5-6,10H,3-4,7,18H2,1-2H3.